The number of rotatable bonds is 7. The summed E-state index contributed by atoms with van der Waals surface area (Å²) in [7, 11) is 0. The SMILES string of the molecule is Nc1ccc(-c2ccc3c(c2)CC(c2cccc(C4=Nc5ccc(-c6ccc7c(c6)CC(c6cccc(-c8nc9cc(-c%10ccc(N)c(N)c%10)ccc9[nH]8)c6)=N7)cc5C4)c2)=N3)cc1N. The van der Waals surface area contributed by atoms with Crippen LogP contribution in [0.5, 0.6) is 0 Å². The monoisotopic (exact) mass is 827 g/mol. The Labute approximate surface area is 369 Å². The van der Waals surface area contributed by atoms with Gasteiger partial charge in [-0.1, -0.05) is 72.8 Å². The number of nitrogens with one attached hydrogen (secondary N) is 1. The second kappa shape index (κ2) is 14.5. The maximum absolute atomic E-state index is 6.11. The lowest BCUT2D eigenvalue weighted by atomic mass is 9.95. The van der Waals surface area contributed by atoms with Crippen LogP contribution < -0.4 is 22.9 Å². The summed E-state index contributed by atoms with van der Waals surface area (Å²) >= 11 is 0. The molecular weight excluding hydrogens is 787 g/mol. The van der Waals surface area contributed by atoms with Crippen molar-refractivity contribution in [2.24, 2.45) is 15.0 Å². The first-order chi connectivity index (χ1) is 31.2. The topological polar surface area (TPSA) is 170 Å². The van der Waals surface area contributed by atoms with Crippen LogP contribution in [0.4, 0.5) is 39.8 Å². The van der Waals surface area contributed by atoms with E-state index in [-0.39, 0.29) is 0 Å². The third-order valence-electron chi connectivity index (χ3n) is 12.7. The maximum atomic E-state index is 6.11. The first-order valence-corrected chi connectivity index (χ1v) is 21.4. The fourth-order valence-electron chi connectivity index (χ4n) is 9.20. The number of nitrogens with zero attached hydrogens (tertiary/aromatic N) is 4. The van der Waals surface area contributed by atoms with Gasteiger partial charge in [0, 0.05) is 24.8 Å². The van der Waals surface area contributed by atoms with Crippen molar-refractivity contribution in [2.75, 3.05) is 22.9 Å². The number of nitrogen functional groups attached to an aromatic ring is 4. The highest BCUT2D eigenvalue weighted by Gasteiger charge is 2.22. The molecule has 3 aliphatic heterocycles. The molecule has 306 valence electrons. The molecule has 0 fully saturated rings. The van der Waals surface area contributed by atoms with Gasteiger partial charge in [0.15, 0.2) is 0 Å². The van der Waals surface area contributed by atoms with Gasteiger partial charge in [0.1, 0.15) is 5.82 Å². The number of nitrogens with two attached hydrogens (primary N) is 4. The summed E-state index contributed by atoms with van der Waals surface area (Å²) in [6.07, 6.45) is 2.29. The Hall–Kier alpha value is -8.56. The first kappa shape index (κ1) is 37.2. The zero-order valence-electron chi connectivity index (χ0n) is 34.7. The molecule has 0 amide bonds. The fourth-order valence-corrected chi connectivity index (χ4v) is 9.20. The molecular formula is C55H41N9. The molecule has 9 heteroatoms. The Morgan fingerprint density at radius 3 is 1.20 bits per heavy atom. The number of aromatic amines is 1. The maximum Gasteiger partial charge on any atom is 0.138 e. The lowest BCUT2D eigenvalue weighted by Crippen LogP contribution is -2.05. The minimum atomic E-state index is 0.568. The van der Waals surface area contributed by atoms with E-state index >= 15 is 0 Å². The Balaban J connectivity index is 0.730. The van der Waals surface area contributed by atoms with Crippen LogP contribution in [-0.4, -0.2) is 27.1 Å². The molecule has 12 rings (SSSR count). The minimum absolute atomic E-state index is 0.568. The van der Waals surface area contributed by atoms with E-state index in [2.05, 4.69) is 126 Å². The smallest absolute Gasteiger partial charge is 0.138 e. The molecule has 0 saturated carbocycles. The molecule has 8 aromatic carbocycles. The van der Waals surface area contributed by atoms with E-state index in [1.54, 1.807) is 0 Å². The summed E-state index contributed by atoms with van der Waals surface area (Å²) in [5.74, 6) is 0.812. The van der Waals surface area contributed by atoms with Crippen molar-refractivity contribution in [2.45, 2.75) is 19.3 Å². The average molecular weight is 828 g/mol. The Morgan fingerprint density at radius 2 is 0.734 bits per heavy atom. The van der Waals surface area contributed by atoms with E-state index in [9.17, 15) is 0 Å². The summed E-state index contributed by atoms with van der Waals surface area (Å²) in [6.45, 7) is 0. The van der Waals surface area contributed by atoms with Crippen LogP contribution in [0.15, 0.2) is 173 Å². The molecule has 0 radical (unpaired) electrons. The lowest BCUT2D eigenvalue weighted by Gasteiger charge is -2.08. The van der Waals surface area contributed by atoms with Gasteiger partial charge in [-0.15, -0.1) is 0 Å². The molecule has 0 bridgehead atoms. The van der Waals surface area contributed by atoms with Gasteiger partial charge in [-0.3, -0.25) is 15.0 Å². The summed E-state index contributed by atoms with van der Waals surface area (Å²) in [5, 5.41) is 0. The molecule has 0 unspecified atom stereocenters. The number of imidazole rings is 1. The predicted molar refractivity (Wildman–Crippen MR) is 265 cm³/mol. The van der Waals surface area contributed by atoms with Crippen molar-refractivity contribution in [1.29, 1.82) is 0 Å². The minimum Gasteiger partial charge on any atom is -0.397 e. The molecule has 0 atom stereocenters. The van der Waals surface area contributed by atoms with Gasteiger partial charge in [0.2, 0.25) is 0 Å². The summed E-state index contributed by atoms with van der Waals surface area (Å²) in [4.78, 5) is 23.7. The van der Waals surface area contributed by atoms with Crippen LogP contribution in [-0.2, 0) is 19.3 Å². The molecule has 0 aliphatic carbocycles. The molecule has 9 nitrogen and oxygen atoms in total. The molecule has 4 heterocycles. The standard InChI is InChI=1S/C55H41N9/c56-43-13-7-33(24-45(43)58)32-11-17-49-42(21-32)28-52(61-49)37-4-1-3-36(22-37)51-27-40-19-30(9-15-47(40)60-51)31-10-16-48-41(20-31)29-53(62-48)38-5-2-6-39(23-38)55-63-50-18-12-35(26-54(50)64-55)34-8-14-44(57)46(59)25-34/h1-26H,27-29,56-59H2,(H,63,64). The zero-order chi connectivity index (χ0) is 43.1. The molecule has 9 aromatic rings. The van der Waals surface area contributed by atoms with Crippen LogP contribution in [0.3, 0.4) is 0 Å². The van der Waals surface area contributed by atoms with Crippen LogP contribution in [0.1, 0.15) is 33.4 Å². The highest BCUT2D eigenvalue weighted by atomic mass is 14.9. The van der Waals surface area contributed by atoms with E-state index in [1.165, 1.54) is 27.8 Å². The van der Waals surface area contributed by atoms with Crippen LogP contribution in [0, 0.1) is 0 Å². The second-order valence-corrected chi connectivity index (χ2v) is 16.9. The number of anilines is 4. The summed E-state index contributed by atoms with van der Waals surface area (Å²) in [6, 6.07) is 54.5. The van der Waals surface area contributed by atoms with Crippen molar-refractivity contribution < 1.29 is 0 Å². The van der Waals surface area contributed by atoms with Crippen molar-refractivity contribution in [1.82, 2.24) is 9.97 Å². The molecule has 3 aliphatic rings. The van der Waals surface area contributed by atoms with E-state index in [4.69, 9.17) is 42.9 Å². The first-order valence-electron chi connectivity index (χ1n) is 21.4. The molecule has 0 spiro atoms. The summed E-state index contributed by atoms with van der Waals surface area (Å²) in [5.41, 5.74) is 49.0. The highest BCUT2D eigenvalue weighted by molar-refractivity contribution is 6.11. The number of aliphatic imine (C=N–C) groups is 3. The van der Waals surface area contributed by atoms with Crippen LogP contribution in [0.25, 0.3) is 55.8 Å². The van der Waals surface area contributed by atoms with Gasteiger partial charge in [0.25, 0.3) is 0 Å². The van der Waals surface area contributed by atoms with Crippen molar-refractivity contribution in [3.8, 4) is 44.8 Å². The van der Waals surface area contributed by atoms with Gasteiger partial charge < -0.3 is 27.9 Å². The second-order valence-electron chi connectivity index (χ2n) is 16.9. The van der Waals surface area contributed by atoms with Crippen molar-refractivity contribution in [3.05, 3.63) is 191 Å². The van der Waals surface area contributed by atoms with E-state index in [0.717, 1.165) is 115 Å². The normalized spacial score (nSPS) is 13.7. The van der Waals surface area contributed by atoms with Crippen LogP contribution in [0.2, 0.25) is 0 Å². The van der Waals surface area contributed by atoms with Crippen molar-refractivity contribution >= 4 is 68.0 Å². The predicted octanol–water partition coefficient (Wildman–Crippen LogP) is 11.6. The largest absolute Gasteiger partial charge is 0.397 e. The third kappa shape index (κ3) is 6.58. The Morgan fingerprint density at radius 1 is 0.344 bits per heavy atom. The fraction of sp³-hybridized carbons (Fsp3) is 0.0545. The number of aromatic nitrogens is 2. The van der Waals surface area contributed by atoms with Gasteiger partial charge in [-0.05, 0) is 152 Å². The molecule has 64 heavy (non-hydrogen) atoms. The van der Waals surface area contributed by atoms with Gasteiger partial charge >= 0.3 is 0 Å². The van der Waals surface area contributed by atoms with Gasteiger partial charge in [-0.2, -0.15) is 0 Å². The van der Waals surface area contributed by atoms with E-state index < -0.39 is 0 Å². The van der Waals surface area contributed by atoms with Crippen LogP contribution >= 0.6 is 0 Å². The molecule has 9 N–H and O–H groups in total. The van der Waals surface area contributed by atoms with E-state index in [0.29, 0.717) is 22.7 Å². The zero-order valence-corrected chi connectivity index (χ0v) is 34.7. The third-order valence-corrected chi connectivity index (χ3v) is 12.7. The molecule has 1 aromatic heterocycles. The Bertz CT molecular complexity index is 3530. The number of H-pyrrole nitrogens is 1. The summed E-state index contributed by atoms with van der Waals surface area (Å²) < 4.78 is 0. The van der Waals surface area contributed by atoms with E-state index in [1.807, 2.05) is 36.4 Å². The Kier molecular flexibility index (Phi) is 8.45. The number of hydrogen-bond donors (Lipinski definition) is 5. The van der Waals surface area contributed by atoms with Gasteiger partial charge in [0.05, 0.1) is 68.0 Å². The lowest BCUT2D eigenvalue weighted by molar-refractivity contribution is 1.33. The number of fused-ring (bicyclic) bond motifs is 4. The quantitative estimate of drug-likeness (QED) is 0.101. The van der Waals surface area contributed by atoms with Crippen molar-refractivity contribution in [3.63, 3.8) is 0 Å². The highest BCUT2D eigenvalue weighted by Crippen LogP contribution is 2.39. The molecule has 0 saturated heterocycles. The average Bonchev–Trinajstić information content (AvgIpc) is 4.14. The van der Waals surface area contributed by atoms with Gasteiger partial charge in [-0.25, -0.2) is 4.98 Å². The number of hydrogen-bond acceptors (Lipinski definition) is 8. The number of benzene rings is 8.